The van der Waals surface area contributed by atoms with Gasteiger partial charge in [-0.15, -0.1) is 0 Å². The minimum Gasteiger partial charge on any atom is -0.368 e. The van der Waals surface area contributed by atoms with Crippen LogP contribution in [0.25, 0.3) is 11.1 Å². The highest BCUT2D eigenvalue weighted by atomic mass is 16.1. The van der Waals surface area contributed by atoms with Crippen LogP contribution in [-0.2, 0) is 11.2 Å². The number of amides is 1. The number of nitrogens with zero attached hydrogens (tertiary/aromatic N) is 3. The molecular weight excluding hydrogens is 316 g/mol. The lowest BCUT2D eigenvalue weighted by Gasteiger charge is -2.05. The fourth-order valence-corrected chi connectivity index (χ4v) is 2.68. The second kappa shape index (κ2) is 6.35. The maximum absolute atomic E-state index is 12.2. The summed E-state index contributed by atoms with van der Waals surface area (Å²) >= 11 is 0. The van der Waals surface area contributed by atoms with E-state index in [0.29, 0.717) is 18.2 Å². The van der Waals surface area contributed by atoms with Gasteiger partial charge in [0.1, 0.15) is 0 Å². The smallest absolute Gasteiger partial charge is 0.229 e. The minimum absolute atomic E-state index is 0.0857. The van der Waals surface area contributed by atoms with Crippen molar-refractivity contribution in [3.05, 3.63) is 54.0 Å². The van der Waals surface area contributed by atoms with E-state index in [9.17, 15) is 4.79 Å². The Morgan fingerprint density at radius 1 is 1.16 bits per heavy atom. The molecule has 0 spiro atoms. The van der Waals surface area contributed by atoms with Gasteiger partial charge < -0.3 is 11.1 Å². The number of aromatic nitrogens is 4. The molecule has 4 N–H and O–H groups in total. The summed E-state index contributed by atoms with van der Waals surface area (Å²) in [6.45, 7) is 0. The van der Waals surface area contributed by atoms with Gasteiger partial charge in [0.15, 0.2) is 5.82 Å². The molecule has 1 amide bonds. The van der Waals surface area contributed by atoms with Crippen LogP contribution in [0.3, 0.4) is 0 Å². The number of H-pyrrole nitrogens is 1. The standard InChI is InChI=1S/C18H18N6O/c19-18-20-9-14(10-21-18)12-3-1-11(2-4-12)7-17(25)22-16-8-15(23-24-16)13-5-6-13/h1-4,8-10,13H,5-7H2,(H2,19,20,21)(H2,22,23,24,25). The normalized spacial score (nSPS) is 13.6. The van der Waals surface area contributed by atoms with Gasteiger partial charge in [-0.25, -0.2) is 9.97 Å². The summed E-state index contributed by atoms with van der Waals surface area (Å²) in [7, 11) is 0. The fraction of sp³-hybridized carbons (Fsp3) is 0.222. The van der Waals surface area contributed by atoms with Crippen LogP contribution in [0.15, 0.2) is 42.7 Å². The van der Waals surface area contributed by atoms with Crippen LogP contribution in [0.1, 0.15) is 30.0 Å². The van der Waals surface area contributed by atoms with Crippen molar-refractivity contribution in [2.24, 2.45) is 0 Å². The van der Waals surface area contributed by atoms with Crippen LogP contribution >= 0.6 is 0 Å². The molecule has 3 aromatic rings. The number of carbonyl (C=O) groups excluding carboxylic acids is 1. The van der Waals surface area contributed by atoms with Crippen molar-refractivity contribution < 1.29 is 4.79 Å². The van der Waals surface area contributed by atoms with E-state index in [1.807, 2.05) is 30.3 Å². The van der Waals surface area contributed by atoms with Gasteiger partial charge in [-0.05, 0) is 24.0 Å². The molecule has 126 valence electrons. The topological polar surface area (TPSA) is 110 Å². The Bertz CT molecular complexity index is 881. The summed E-state index contributed by atoms with van der Waals surface area (Å²) in [6, 6.07) is 9.64. The minimum atomic E-state index is -0.0857. The highest BCUT2D eigenvalue weighted by molar-refractivity contribution is 5.91. The molecule has 0 aliphatic heterocycles. The number of aromatic amines is 1. The first kappa shape index (κ1) is 15.3. The zero-order chi connectivity index (χ0) is 17.2. The zero-order valence-corrected chi connectivity index (χ0v) is 13.6. The van der Waals surface area contributed by atoms with E-state index < -0.39 is 0 Å². The van der Waals surface area contributed by atoms with E-state index >= 15 is 0 Å². The molecule has 25 heavy (non-hydrogen) atoms. The summed E-state index contributed by atoms with van der Waals surface area (Å²) in [5, 5.41) is 9.95. The van der Waals surface area contributed by atoms with E-state index in [1.54, 1.807) is 12.4 Å². The van der Waals surface area contributed by atoms with Gasteiger partial charge in [0.25, 0.3) is 0 Å². The van der Waals surface area contributed by atoms with Crippen molar-refractivity contribution in [2.45, 2.75) is 25.2 Å². The van der Waals surface area contributed by atoms with Gasteiger partial charge in [0.05, 0.1) is 6.42 Å². The van der Waals surface area contributed by atoms with Crippen molar-refractivity contribution >= 4 is 17.7 Å². The first-order valence-electron chi connectivity index (χ1n) is 8.19. The Morgan fingerprint density at radius 2 is 1.88 bits per heavy atom. The Labute approximate surface area is 144 Å². The zero-order valence-electron chi connectivity index (χ0n) is 13.6. The van der Waals surface area contributed by atoms with Gasteiger partial charge >= 0.3 is 0 Å². The second-order valence-corrected chi connectivity index (χ2v) is 6.23. The molecule has 2 aromatic heterocycles. The summed E-state index contributed by atoms with van der Waals surface area (Å²) < 4.78 is 0. The third-order valence-electron chi connectivity index (χ3n) is 4.21. The number of hydrogen-bond acceptors (Lipinski definition) is 5. The summed E-state index contributed by atoms with van der Waals surface area (Å²) in [6.07, 6.45) is 6.05. The molecule has 4 rings (SSSR count). The first-order chi connectivity index (χ1) is 12.2. The predicted octanol–water partition coefficient (Wildman–Crippen LogP) is 2.51. The quantitative estimate of drug-likeness (QED) is 0.664. The van der Waals surface area contributed by atoms with E-state index in [4.69, 9.17) is 5.73 Å². The van der Waals surface area contributed by atoms with E-state index in [2.05, 4.69) is 25.5 Å². The molecule has 7 nitrogen and oxygen atoms in total. The molecule has 1 saturated carbocycles. The van der Waals surface area contributed by atoms with E-state index in [1.165, 1.54) is 12.8 Å². The van der Waals surface area contributed by atoms with E-state index in [-0.39, 0.29) is 11.9 Å². The lowest BCUT2D eigenvalue weighted by atomic mass is 10.1. The van der Waals surface area contributed by atoms with Gasteiger partial charge in [-0.3, -0.25) is 9.89 Å². The molecule has 0 saturated heterocycles. The van der Waals surface area contributed by atoms with Crippen LogP contribution in [0.4, 0.5) is 11.8 Å². The number of hydrogen-bond donors (Lipinski definition) is 3. The highest BCUT2D eigenvalue weighted by Gasteiger charge is 2.25. The summed E-state index contributed by atoms with van der Waals surface area (Å²) in [5.74, 6) is 1.34. The van der Waals surface area contributed by atoms with E-state index in [0.717, 1.165) is 22.4 Å². The van der Waals surface area contributed by atoms with Crippen LogP contribution in [-0.4, -0.2) is 26.1 Å². The van der Waals surface area contributed by atoms with Gasteiger partial charge in [0, 0.05) is 35.6 Å². The number of nitrogens with one attached hydrogen (secondary N) is 2. The maximum atomic E-state index is 12.2. The van der Waals surface area contributed by atoms with Crippen LogP contribution in [0, 0.1) is 0 Å². The number of nitrogens with two attached hydrogens (primary N) is 1. The molecule has 1 fully saturated rings. The molecule has 0 radical (unpaired) electrons. The predicted molar refractivity (Wildman–Crippen MR) is 94.8 cm³/mol. The first-order valence-corrected chi connectivity index (χ1v) is 8.19. The van der Waals surface area contributed by atoms with Crippen molar-refractivity contribution in [1.29, 1.82) is 0 Å². The Balaban J connectivity index is 1.38. The van der Waals surface area contributed by atoms with Crippen molar-refractivity contribution in [2.75, 3.05) is 11.1 Å². The maximum Gasteiger partial charge on any atom is 0.229 e. The van der Waals surface area contributed by atoms with Gasteiger partial charge in [0.2, 0.25) is 11.9 Å². The average Bonchev–Trinajstić information content (AvgIpc) is 3.36. The SMILES string of the molecule is Nc1ncc(-c2ccc(CC(=O)Nc3cc(C4CC4)[nH]n3)cc2)cn1. The summed E-state index contributed by atoms with van der Waals surface area (Å²) in [5.41, 5.74) is 9.38. The van der Waals surface area contributed by atoms with Crippen molar-refractivity contribution in [1.82, 2.24) is 20.2 Å². The lowest BCUT2D eigenvalue weighted by Crippen LogP contribution is -2.14. The molecule has 1 aliphatic carbocycles. The molecule has 0 bridgehead atoms. The van der Waals surface area contributed by atoms with Gasteiger partial charge in [-0.1, -0.05) is 24.3 Å². The van der Waals surface area contributed by atoms with Crippen LogP contribution in [0.5, 0.6) is 0 Å². The summed E-state index contributed by atoms with van der Waals surface area (Å²) in [4.78, 5) is 20.1. The van der Waals surface area contributed by atoms with Crippen LogP contribution < -0.4 is 11.1 Å². The number of rotatable bonds is 5. The van der Waals surface area contributed by atoms with Crippen molar-refractivity contribution in [3.63, 3.8) is 0 Å². The molecular formula is C18H18N6O. The average molecular weight is 334 g/mol. The molecule has 7 heteroatoms. The third-order valence-corrected chi connectivity index (χ3v) is 4.21. The molecule has 0 unspecified atom stereocenters. The molecule has 1 aromatic carbocycles. The number of carbonyl (C=O) groups is 1. The van der Waals surface area contributed by atoms with Gasteiger partial charge in [-0.2, -0.15) is 5.10 Å². The van der Waals surface area contributed by atoms with Crippen LogP contribution in [0.2, 0.25) is 0 Å². The fourth-order valence-electron chi connectivity index (χ4n) is 2.68. The largest absolute Gasteiger partial charge is 0.368 e. The number of benzene rings is 1. The lowest BCUT2D eigenvalue weighted by molar-refractivity contribution is -0.115. The molecule has 1 aliphatic rings. The Kier molecular flexibility index (Phi) is 3.89. The van der Waals surface area contributed by atoms with Crippen molar-refractivity contribution in [3.8, 4) is 11.1 Å². The molecule has 0 atom stereocenters. The number of nitrogen functional groups attached to an aromatic ring is 1. The molecule has 2 heterocycles. The second-order valence-electron chi connectivity index (χ2n) is 6.23. The highest BCUT2D eigenvalue weighted by Crippen LogP contribution is 2.39. The monoisotopic (exact) mass is 334 g/mol. The third kappa shape index (κ3) is 3.65. The Morgan fingerprint density at radius 3 is 2.56 bits per heavy atom. The Hall–Kier alpha value is -3.22. The number of anilines is 2.